The first-order valence-corrected chi connectivity index (χ1v) is 22.6. The first-order chi connectivity index (χ1) is 33.9. The van der Waals surface area contributed by atoms with E-state index in [1.54, 1.807) is 96.0 Å². The summed E-state index contributed by atoms with van der Waals surface area (Å²) >= 11 is 0. The summed E-state index contributed by atoms with van der Waals surface area (Å²) in [7, 11) is 3.20. The van der Waals surface area contributed by atoms with Crippen LogP contribution in [0.2, 0.25) is 0 Å². The number of aryl methyl sites for hydroxylation is 4. The number of ether oxygens (including phenoxy) is 3. The van der Waals surface area contributed by atoms with E-state index in [1.807, 2.05) is 43.6 Å². The largest absolute Gasteiger partial charge is 0.494 e. The van der Waals surface area contributed by atoms with E-state index < -0.39 is 29.4 Å². The number of aromatic nitrogens is 10. The van der Waals surface area contributed by atoms with Crippen molar-refractivity contribution in [2.45, 2.75) is 86.8 Å². The second-order valence-corrected chi connectivity index (χ2v) is 16.9. The molecule has 0 atom stereocenters. The Morgan fingerprint density at radius 2 is 1.32 bits per heavy atom. The number of imidazole rings is 2. The van der Waals surface area contributed by atoms with Gasteiger partial charge in [-0.05, 0) is 90.9 Å². The van der Waals surface area contributed by atoms with Crippen LogP contribution in [0.5, 0.6) is 11.5 Å². The number of aldehydes is 1. The van der Waals surface area contributed by atoms with Gasteiger partial charge in [0.2, 0.25) is 23.7 Å². The summed E-state index contributed by atoms with van der Waals surface area (Å²) < 4.78 is 25.7. The molecule has 0 spiro atoms. The van der Waals surface area contributed by atoms with Gasteiger partial charge in [-0.3, -0.25) is 43.9 Å². The molecule has 5 aromatic heterocycles. The van der Waals surface area contributed by atoms with Crippen LogP contribution in [0.1, 0.15) is 87.7 Å². The van der Waals surface area contributed by atoms with Crippen LogP contribution in [0.3, 0.4) is 0 Å². The van der Waals surface area contributed by atoms with Gasteiger partial charge >= 0.3 is 6.09 Å². The van der Waals surface area contributed by atoms with Gasteiger partial charge in [0.1, 0.15) is 46.1 Å². The van der Waals surface area contributed by atoms with Crippen molar-refractivity contribution >= 4 is 69.8 Å². The number of carbonyl (C=O) groups is 5. The van der Waals surface area contributed by atoms with Gasteiger partial charge < -0.3 is 40.1 Å². The number of nitrogens with one attached hydrogen (secondary N) is 3. The normalized spacial score (nSPS) is 11.5. The fourth-order valence-corrected chi connectivity index (χ4v) is 7.40. The molecule has 7 N–H and O–H groups in total. The third-order valence-electron chi connectivity index (χ3n) is 10.5. The zero-order valence-corrected chi connectivity index (χ0v) is 41.1. The van der Waals surface area contributed by atoms with E-state index in [9.17, 15) is 24.0 Å². The van der Waals surface area contributed by atoms with Crippen molar-refractivity contribution in [3.05, 3.63) is 107 Å². The number of nitrogens with two attached hydrogens (primary N) is 2. The highest BCUT2D eigenvalue weighted by Gasteiger charge is 2.22. The molecule has 7 aromatic rings. The van der Waals surface area contributed by atoms with Gasteiger partial charge in [0.05, 0.1) is 48.0 Å². The summed E-state index contributed by atoms with van der Waals surface area (Å²) in [5, 5.41) is 21.4. The Morgan fingerprint density at radius 1 is 0.746 bits per heavy atom. The highest BCUT2D eigenvalue weighted by molar-refractivity contribution is 6.04. The highest BCUT2D eigenvalue weighted by Crippen LogP contribution is 2.33. The molecule has 374 valence electrons. The van der Waals surface area contributed by atoms with Crippen molar-refractivity contribution in [2.24, 2.45) is 11.5 Å². The number of hydrogen-bond donors (Lipinski definition) is 5. The van der Waals surface area contributed by atoms with Gasteiger partial charge in [0.25, 0.3) is 5.91 Å². The summed E-state index contributed by atoms with van der Waals surface area (Å²) in [4.78, 5) is 69.9. The number of allylic oxidation sites excluding steroid dienone is 3. The number of amides is 4. The van der Waals surface area contributed by atoms with Crippen molar-refractivity contribution in [3.8, 4) is 11.5 Å². The standard InChI is InChI=1S/C41H49N13O7.C7H10N2O/c1-8-54-30(17-24(2)50-54)37(57)49-39-48-28-18-25(35(42)55)20-31(59-7)33(28)53(39)15-10-9-14-52-34-29(47-38(52)44-6)19-26(36(43)56)21-32(34)60-16-12-11-13-51-23-27(22-45-51)46-40(58)61-41(3,4)5;1-3-9-7(5-10)4-6(2)8-9/h9-12,17-23H,8,13-16H2,1-7H3,(H2,42,55)(H2,43,56)(H,44,47)(H,46,58)(H,48,49,57);4-5H,3H2,1-2H3/b10-9+,12-11+;. The van der Waals surface area contributed by atoms with Crippen molar-refractivity contribution in [1.29, 1.82) is 0 Å². The predicted octanol–water partition coefficient (Wildman–Crippen LogP) is 5.87. The van der Waals surface area contributed by atoms with Crippen molar-refractivity contribution in [3.63, 3.8) is 0 Å². The van der Waals surface area contributed by atoms with Gasteiger partial charge in [-0.15, -0.1) is 0 Å². The minimum atomic E-state index is -0.656. The van der Waals surface area contributed by atoms with E-state index >= 15 is 0 Å². The second kappa shape index (κ2) is 22.6. The lowest BCUT2D eigenvalue weighted by Gasteiger charge is -2.19. The van der Waals surface area contributed by atoms with Crippen LogP contribution in [0.4, 0.5) is 22.4 Å². The van der Waals surface area contributed by atoms with Crippen LogP contribution >= 0.6 is 0 Å². The van der Waals surface area contributed by atoms with Crippen LogP contribution in [-0.2, 0) is 37.5 Å². The zero-order valence-electron chi connectivity index (χ0n) is 41.1. The number of primary amides is 2. The molecule has 0 aliphatic carbocycles. The summed E-state index contributed by atoms with van der Waals surface area (Å²) in [6, 6.07) is 9.72. The topological polar surface area (TPSA) is 290 Å². The molecule has 7 rings (SSSR count). The maximum atomic E-state index is 13.6. The maximum absolute atomic E-state index is 13.6. The summed E-state index contributed by atoms with van der Waals surface area (Å²) in [5.74, 6) is -0.281. The van der Waals surface area contributed by atoms with Gasteiger partial charge in [-0.2, -0.15) is 15.3 Å². The zero-order chi connectivity index (χ0) is 51.6. The van der Waals surface area contributed by atoms with Crippen LogP contribution in [0.25, 0.3) is 22.1 Å². The Morgan fingerprint density at radius 3 is 1.90 bits per heavy atom. The van der Waals surface area contributed by atoms with Gasteiger partial charge in [-0.25, -0.2) is 14.8 Å². The van der Waals surface area contributed by atoms with Crippen LogP contribution < -0.4 is 36.9 Å². The molecule has 23 nitrogen and oxygen atoms in total. The van der Waals surface area contributed by atoms with E-state index in [2.05, 4.69) is 36.2 Å². The Hall–Kier alpha value is -8.76. The quantitative estimate of drug-likeness (QED) is 0.0468. The fourth-order valence-electron chi connectivity index (χ4n) is 7.40. The average molecular weight is 974 g/mol. The van der Waals surface area contributed by atoms with Crippen molar-refractivity contribution in [2.75, 3.05) is 36.7 Å². The molecule has 4 amide bonds. The Kier molecular flexibility index (Phi) is 16.4. The first-order valence-electron chi connectivity index (χ1n) is 22.6. The van der Waals surface area contributed by atoms with E-state index in [0.717, 1.165) is 18.5 Å². The number of benzene rings is 2. The number of hydrogen-bond acceptors (Lipinski definition) is 14. The molecule has 0 unspecified atom stereocenters. The fraction of sp³-hybridized carbons (Fsp3) is 0.333. The molecule has 23 heteroatoms. The summed E-state index contributed by atoms with van der Waals surface area (Å²) in [5.41, 5.74) is 16.2. The van der Waals surface area contributed by atoms with Crippen molar-refractivity contribution < 1.29 is 38.2 Å². The molecule has 0 saturated heterocycles. The number of methoxy groups -OCH3 is 1. The molecule has 0 fully saturated rings. The van der Waals surface area contributed by atoms with Crippen LogP contribution in [-0.4, -0.2) is 105 Å². The molecule has 0 aliphatic heterocycles. The lowest BCUT2D eigenvalue weighted by atomic mass is 10.1. The first kappa shape index (κ1) is 51.6. The summed E-state index contributed by atoms with van der Waals surface area (Å²) in [6.45, 7) is 15.2. The Labute approximate surface area is 408 Å². The molecule has 0 aliphatic rings. The van der Waals surface area contributed by atoms with E-state index in [1.165, 1.54) is 19.4 Å². The smallest absolute Gasteiger partial charge is 0.412 e. The van der Waals surface area contributed by atoms with Gasteiger partial charge in [-0.1, -0.05) is 18.2 Å². The Balaban J connectivity index is 0.000000734. The second-order valence-electron chi connectivity index (χ2n) is 16.9. The molecule has 0 saturated carbocycles. The van der Waals surface area contributed by atoms with Gasteiger partial charge in [0.15, 0.2) is 6.29 Å². The molecule has 0 radical (unpaired) electrons. The monoisotopic (exact) mass is 973 g/mol. The predicted molar refractivity (Wildman–Crippen MR) is 267 cm³/mol. The van der Waals surface area contributed by atoms with E-state index in [4.69, 9.17) is 30.7 Å². The Bertz CT molecular complexity index is 3140. The number of carbonyl (C=O) groups excluding carboxylic acids is 5. The molecule has 5 heterocycles. The molecular weight excluding hydrogens is 915 g/mol. The minimum absolute atomic E-state index is 0.137. The third kappa shape index (κ3) is 12.7. The van der Waals surface area contributed by atoms with Crippen LogP contribution in [0.15, 0.2) is 73.1 Å². The lowest BCUT2D eigenvalue weighted by Crippen LogP contribution is -2.27. The molecule has 71 heavy (non-hydrogen) atoms. The number of nitrogens with zero attached hydrogens (tertiary/aromatic N) is 10. The SMILES string of the molecule is CCn1nc(C)cc1C(=O)Nc1nc2cc(C(N)=O)cc(OC)c2n1C/C=C/Cn1c(NC)nc2cc(C(N)=O)cc(OC/C=C/Cn3cc(NC(=O)OC(C)(C)C)cn3)c21.CCn1nc(C)cc1C=O. The average Bonchev–Trinajstić information content (AvgIpc) is 4.16. The van der Waals surface area contributed by atoms with Crippen molar-refractivity contribution in [1.82, 2.24) is 48.4 Å². The third-order valence-corrected chi connectivity index (χ3v) is 10.5. The van der Waals surface area contributed by atoms with Crippen LogP contribution in [0, 0.1) is 13.8 Å². The van der Waals surface area contributed by atoms with Gasteiger partial charge in [0, 0.05) is 50.6 Å². The summed E-state index contributed by atoms with van der Waals surface area (Å²) in [6.07, 6.45) is 10.9. The highest BCUT2D eigenvalue weighted by atomic mass is 16.6. The van der Waals surface area contributed by atoms with E-state index in [0.29, 0.717) is 81.9 Å². The molecular formula is C48H59N15O8. The molecule has 0 bridgehead atoms. The number of rotatable bonds is 19. The number of anilines is 3. The maximum Gasteiger partial charge on any atom is 0.412 e. The minimum Gasteiger partial charge on any atom is -0.494 e. The lowest BCUT2D eigenvalue weighted by molar-refractivity contribution is 0.0635. The number of fused-ring (bicyclic) bond motifs is 2. The molecule has 2 aromatic carbocycles. The van der Waals surface area contributed by atoms with E-state index in [-0.39, 0.29) is 30.2 Å².